The van der Waals surface area contributed by atoms with E-state index in [1.807, 2.05) is 36.2 Å². The van der Waals surface area contributed by atoms with Crippen molar-refractivity contribution in [2.75, 3.05) is 24.5 Å². The number of alkyl halides is 3. The molecule has 1 fully saturated rings. The number of amides is 1. The lowest BCUT2D eigenvalue weighted by atomic mass is 9.96. The third-order valence-electron chi connectivity index (χ3n) is 4.86. The number of pyridine rings is 1. The highest BCUT2D eigenvalue weighted by Gasteiger charge is 2.32. The normalized spacial score (nSPS) is 17.5. The number of piperidine rings is 1. The van der Waals surface area contributed by atoms with Crippen molar-refractivity contribution >= 4 is 11.7 Å². The molecule has 0 saturated carbocycles. The van der Waals surface area contributed by atoms with Gasteiger partial charge in [0.15, 0.2) is 5.82 Å². The molecule has 0 aromatic carbocycles. The first-order chi connectivity index (χ1) is 13.2. The molecule has 0 radical (unpaired) electrons. The van der Waals surface area contributed by atoms with E-state index in [4.69, 9.17) is 0 Å². The minimum atomic E-state index is -4.41. The van der Waals surface area contributed by atoms with Crippen LogP contribution in [0.3, 0.4) is 0 Å². The van der Waals surface area contributed by atoms with Crippen molar-refractivity contribution in [1.29, 1.82) is 0 Å². The number of anilines is 1. The van der Waals surface area contributed by atoms with Gasteiger partial charge in [-0.1, -0.05) is 0 Å². The van der Waals surface area contributed by atoms with Crippen LogP contribution < -0.4 is 10.2 Å². The van der Waals surface area contributed by atoms with Crippen LogP contribution in [0.4, 0.5) is 19.0 Å². The molecule has 1 aliphatic rings. The molecule has 1 amide bonds. The van der Waals surface area contributed by atoms with Crippen molar-refractivity contribution in [3.63, 3.8) is 0 Å². The molecule has 28 heavy (non-hydrogen) atoms. The fourth-order valence-corrected chi connectivity index (χ4v) is 3.27. The number of halogens is 3. The zero-order valence-corrected chi connectivity index (χ0v) is 15.8. The smallest absolute Gasteiger partial charge is 0.355 e. The number of carbonyl (C=O) groups excluding carboxylic acids is 1. The third-order valence-corrected chi connectivity index (χ3v) is 4.86. The van der Waals surface area contributed by atoms with Crippen molar-refractivity contribution in [2.45, 2.75) is 32.9 Å². The summed E-state index contributed by atoms with van der Waals surface area (Å²) in [6.45, 7) is 3.52. The van der Waals surface area contributed by atoms with E-state index in [-0.39, 0.29) is 0 Å². The fourth-order valence-electron chi connectivity index (χ4n) is 3.27. The van der Waals surface area contributed by atoms with Gasteiger partial charge in [-0.25, -0.2) is 9.97 Å². The topological polar surface area (TPSA) is 71.0 Å². The second-order valence-corrected chi connectivity index (χ2v) is 6.94. The second-order valence-electron chi connectivity index (χ2n) is 6.94. The van der Waals surface area contributed by atoms with E-state index in [0.717, 1.165) is 16.8 Å². The van der Waals surface area contributed by atoms with Crippen LogP contribution in [0, 0.1) is 19.8 Å². The Morgan fingerprint density at radius 2 is 1.96 bits per heavy atom. The van der Waals surface area contributed by atoms with E-state index in [9.17, 15) is 18.0 Å². The molecule has 6 nitrogen and oxygen atoms in total. The number of hydrogen-bond donors (Lipinski definition) is 1. The lowest BCUT2D eigenvalue weighted by Gasteiger charge is -2.34. The minimum Gasteiger partial charge on any atom is -0.355 e. The molecule has 1 aliphatic heterocycles. The quantitative estimate of drug-likeness (QED) is 0.865. The average Bonchev–Trinajstić information content (AvgIpc) is 2.68. The summed E-state index contributed by atoms with van der Waals surface area (Å²) >= 11 is 0. The van der Waals surface area contributed by atoms with Crippen LogP contribution in [0.1, 0.15) is 24.1 Å². The van der Waals surface area contributed by atoms with Gasteiger partial charge >= 0.3 is 6.18 Å². The van der Waals surface area contributed by atoms with Crippen molar-refractivity contribution in [2.24, 2.45) is 5.92 Å². The molecule has 0 spiro atoms. The molecule has 9 heteroatoms. The SMILES string of the molecule is Cc1nc(-c2ccncc2)nc(N2CCCC(C(=O)NCC(F)(F)F)C2)c1C. The highest BCUT2D eigenvalue weighted by molar-refractivity contribution is 5.79. The molecule has 1 atom stereocenters. The molecule has 0 bridgehead atoms. The van der Waals surface area contributed by atoms with Crippen molar-refractivity contribution < 1.29 is 18.0 Å². The van der Waals surface area contributed by atoms with Gasteiger partial charge in [-0.3, -0.25) is 9.78 Å². The van der Waals surface area contributed by atoms with Crippen LogP contribution in [-0.4, -0.2) is 46.7 Å². The van der Waals surface area contributed by atoms with Crippen LogP contribution >= 0.6 is 0 Å². The van der Waals surface area contributed by atoms with Gasteiger partial charge in [0, 0.05) is 42.3 Å². The van der Waals surface area contributed by atoms with Gasteiger partial charge in [0.2, 0.25) is 5.91 Å². The molecular formula is C19H22F3N5O. The first kappa shape index (κ1) is 20.0. The number of rotatable bonds is 4. The first-order valence-electron chi connectivity index (χ1n) is 9.09. The summed E-state index contributed by atoms with van der Waals surface area (Å²) in [7, 11) is 0. The van der Waals surface area contributed by atoms with Gasteiger partial charge in [-0.05, 0) is 38.8 Å². The first-order valence-corrected chi connectivity index (χ1v) is 9.09. The Morgan fingerprint density at radius 3 is 2.64 bits per heavy atom. The summed E-state index contributed by atoms with van der Waals surface area (Å²) in [4.78, 5) is 27.4. The van der Waals surface area contributed by atoms with Gasteiger partial charge in [0.05, 0.1) is 5.92 Å². The molecule has 2 aromatic rings. The molecule has 2 aromatic heterocycles. The number of aryl methyl sites for hydroxylation is 1. The fraction of sp³-hybridized carbons (Fsp3) is 0.474. The summed E-state index contributed by atoms with van der Waals surface area (Å²) in [5, 5.41) is 2.00. The lowest BCUT2D eigenvalue weighted by Crippen LogP contribution is -2.45. The van der Waals surface area contributed by atoms with E-state index in [1.165, 1.54) is 0 Å². The lowest BCUT2D eigenvalue weighted by molar-refractivity contribution is -0.140. The monoisotopic (exact) mass is 393 g/mol. The van der Waals surface area contributed by atoms with Crippen LogP contribution in [0.5, 0.6) is 0 Å². The molecule has 150 valence electrons. The number of nitrogens with zero attached hydrogens (tertiary/aromatic N) is 4. The number of nitrogens with one attached hydrogen (secondary N) is 1. The third kappa shape index (κ3) is 4.76. The van der Waals surface area contributed by atoms with E-state index >= 15 is 0 Å². The molecule has 1 N–H and O–H groups in total. The van der Waals surface area contributed by atoms with E-state index < -0.39 is 24.5 Å². The Balaban J connectivity index is 1.81. The van der Waals surface area contributed by atoms with E-state index in [2.05, 4.69) is 15.0 Å². The summed E-state index contributed by atoms with van der Waals surface area (Å²) in [5.74, 6) is 0.201. The Bertz CT molecular complexity index is 841. The second kappa shape index (κ2) is 8.12. The number of aromatic nitrogens is 3. The predicted octanol–water partition coefficient (Wildman–Crippen LogP) is 3.05. The maximum Gasteiger partial charge on any atom is 0.405 e. The highest BCUT2D eigenvalue weighted by atomic mass is 19.4. The van der Waals surface area contributed by atoms with Gasteiger partial charge in [-0.15, -0.1) is 0 Å². The number of carbonyl (C=O) groups is 1. The minimum absolute atomic E-state index is 0.330. The van der Waals surface area contributed by atoms with Gasteiger partial charge in [-0.2, -0.15) is 13.2 Å². The maximum absolute atomic E-state index is 12.4. The zero-order valence-electron chi connectivity index (χ0n) is 15.8. The largest absolute Gasteiger partial charge is 0.405 e. The van der Waals surface area contributed by atoms with Crippen LogP contribution in [-0.2, 0) is 4.79 Å². The van der Waals surface area contributed by atoms with Gasteiger partial charge < -0.3 is 10.2 Å². The molecular weight excluding hydrogens is 371 g/mol. The van der Waals surface area contributed by atoms with Crippen LogP contribution in [0.2, 0.25) is 0 Å². The van der Waals surface area contributed by atoms with Crippen LogP contribution in [0.25, 0.3) is 11.4 Å². The summed E-state index contributed by atoms with van der Waals surface area (Å²) < 4.78 is 37.1. The Morgan fingerprint density at radius 1 is 1.25 bits per heavy atom. The molecule has 1 unspecified atom stereocenters. The zero-order chi connectivity index (χ0) is 20.3. The Hall–Kier alpha value is -2.71. The molecule has 1 saturated heterocycles. The van der Waals surface area contributed by atoms with Gasteiger partial charge in [0.1, 0.15) is 12.4 Å². The van der Waals surface area contributed by atoms with E-state index in [0.29, 0.717) is 37.6 Å². The molecule has 3 rings (SSSR count). The van der Waals surface area contributed by atoms with Crippen molar-refractivity contribution in [1.82, 2.24) is 20.3 Å². The Labute approximate surface area is 161 Å². The summed E-state index contributed by atoms with van der Waals surface area (Å²) in [6, 6.07) is 3.63. The summed E-state index contributed by atoms with van der Waals surface area (Å²) in [5.41, 5.74) is 2.55. The number of hydrogen-bond acceptors (Lipinski definition) is 5. The van der Waals surface area contributed by atoms with Crippen molar-refractivity contribution in [3.8, 4) is 11.4 Å². The highest BCUT2D eigenvalue weighted by Crippen LogP contribution is 2.28. The standard InChI is InChI=1S/C19H22F3N5O/c1-12-13(2)25-16(14-5-7-23-8-6-14)26-17(12)27-9-3-4-15(10-27)18(28)24-11-19(20,21)22/h5-8,15H,3-4,9-11H2,1-2H3,(H,24,28). The summed E-state index contributed by atoms with van der Waals surface area (Å²) in [6.07, 6.45) is 0.173. The van der Waals surface area contributed by atoms with Gasteiger partial charge in [0.25, 0.3) is 0 Å². The predicted molar refractivity (Wildman–Crippen MR) is 98.7 cm³/mol. The maximum atomic E-state index is 12.4. The Kier molecular flexibility index (Phi) is 5.81. The van der Waals surface area contributed by atoms with E-state index in [1.54, 1.807) is 12.4 Å². The molecule has 0 aliphatic carbocycles. The average molecular weight is 393 g/mol. The van der Waals surface area contributed by atoms with Crippen LogP contribution in [0.15, 0.2) is 24.5 Å². The molecule has 3 heterocycles. The van der Waals surface area contributed by atoms with Crippen molar-refractivity contribution in [3.05, 3.63) is 35.8 Å².